The fourth-order valence-electron chi connectivity index (χ4n) is 2.34. The molecule has 2 aromatic heterocycles. The van der Waals surface area contributed by atoms with E-state index in [4.69, 9.17) is 5.73 Å². The van der Waals surface area contributed by atoms with Crippen molar-refractivity contribution in [3.8, 4) is 0 Å². The highest BCUT2D eigenvalue weighted by Gasteiger charge is 2.13. The van der Waals surface area contributed by atoms with Gasteiger partial charge < -0.3 is 16.0 Å². The van der Waals surface area contributed by atoms with Crippen LogP contribution in [-0.4, -0.2) is 39.2 Å². The molecule has 0 unspecified atom stereocenters. The fourth-order valence-corrected chi connectivity index (χ4v) is 2.34. The Balaban J connectivity index is 1.65. The summed E-state index contributed by atoms with van der Waals surface area (Å²) in [6.45, 7) is 2.08. The molecule has 110 valence electrons. The molecule has 0 spiro atoms. The van der Waals surface area contributed by atoms with E-state index >= 15 is 0 Å². The van der Waals surface area contributed by atoms with E-state index in [1.54, 1.807) is 6.20 Å². The third-order valence-electron chi connectivity index (χ3n) is 3.40. The van der Waals surface area contributed by atoms with Crippen molar-refractivity contribution < 1.29 is 4.79 Å². The molecular formula is C13H17N7O. The minimum absolute atomic E-state index is 0.0405. The number of amides is 1. The molecule has 8 nitrogen and oxygen atoms in total. The van der Waals surface area contributed by atoms with Crippen molar-refractivity contribution >= 4 is 23.4 Å². The summed E-state index contributed by atoms with van der Waals surface area (Å²) in [5.41, 5.74) is 5.97. The molecular weight excluding hydrogens is 270 g/mol. The third-order valence-corrected chi connectivity index (χ3v) is 3.40. The molecule has 4 N–H and O–H groups in total. The predicted octanol–water partition coefficient (Wildman–Crippen LogP) is 1.02. The lowest BCUT2D eigenvalue weighted by Crippen LogP contribution is -2.30. The van der Waals surface area contributed by atoms with E-state index in [0.717, 1.165) is 18.9 Å². The summed E-state index contributed by atoms with van der Waals surface area (Å²) in [5, 5.41) is 8.77. The molecule has 1 aliphatic heterocycles. The zero-order valence-electron chi connectivity index (χ0n) is 11.5. The van der Waals surface area contributed by atoms with Crippen molar-refractivity contribution in [2.75, 3.05) is 29.0 Å². The van der Waals surface area contributed by atoms with Gasteiger partial charge in [-0.2, -0.15) is 4.98 Å². The number of hydrogen-bond acceptors (Lipinski definition) is 6. The quantitative estimate of drug-likeness (QED) is 0.777. The zero-order chi connectivity index (χ0) is 14.7. The highest BCUT2D eigenvalue weighted by molar-refractivity contribution is 6.01. The van der Waals surface area contributed by atoms with Crippen LogP contribution in [0.25, 0.3) is 0 Å². The van der Waals surface area contributed by atoms with Gasteiger partial charge in [-0.05, 0) is 31.4 Å². The average Bonchev–Trinajstić information content (AvgIpc) is 2.96. The normalized spacial score (nSPS) is 15.0. The maximum Gasteiger partial charge on any atom is 0.293 e. The lowest BCUT2D eigenvalue weighted by atomic mass is 10.1. The average molecular weight is 287 g/mol. The topological polar surface area (TPSA) is 113 Å². The van der Waals surface area contributed by atoms with Crippen molar-refractivity contribution in [1.29, 1.82) is 0 Å². The monoisotopic (exact) mass is 287 g/mol. The molecule has 8 heteroatoms. The van der Waals surface area contributed by atoms with Crippen LogP contribution in [0.2, 0.25) is 0 Å². The molecule has 0 radical (unpaired) electrons. The van der Waals surface area contributed by atoms with Gasteiger partial charge in [0.1, 0.15) is 5.82 Å². The number of rotatable bonds is 3. The second kappa shape index (κ2) is 5.78. The Morgan fingerprint density at radius 1 is 1.29 bits per heavy atom. The largest absolute Gasteiger partial charge is 0.366 e. The van der Waals surface area contributed by atoms with E-state index in [1.165, 1.54) is 19.3 Å². The van der Waals surface area contributed by atoms with Gasteiger partial charge in [-0.3, -0.25) is 9.89 Å². The van der Waals surface area contributed by atoms with Crippen molar-refractivity contribution in [2.24, 2.45) is 0 Å². The Morgan fingerprint density at radius 2 is 2.10 bits per heavy atom. The number of pyridine rings is 1. The van der Waals surface area contributed by atoms with Gasteiger partial charge in [-0.15, -0.1) is 5.10 Å². The van der Waals surface area contributed by atoms with E-state index in [9.17, 15) is 4.79 Å². The fraction of sp³-hybridized carbons (Fsp3) is 0.385. The first-order valence-corrected chi connectivity index (χ1v) is 6.92. The number of carbonyl (C=O) groups is 1. The maximum absolute atomic E-state index is 11.9. The highest BCUT2D eigenvalue weighted by Crippen LogP contribution is 2.19. The Labute approximate surface area is 121 Å². The highest BCUT2D eigenvalue weighted by atomic mass is 16.2. The SMILES string of the molecule is Nc1n[nH]c(C(=O)Nc2ccc(N3CCCCC3)nc2)n1. The standard InChI is InChI=1S/C13H17N7O/c14-13-17-11(18-19-13)12(21)16-9-4-5-10(15-8-9)20-6-2-1-3-7-20/h4-5,8H,1-3,6-7H2,(H,16,21)(H3,14,17,18,19). The molecule has 0 aliphatic carbocycles. The predicted molar refractivity (Wildman–Crippen MR) is 79.0 cm³/mol. The number of aromatic nitrogens is 4. The molecule has 1 aliphatic rings. The van der Waals surface area contributed by atoms with Crippen LogP contribution in [-0.2, 0) is 0 Å². The minimum Gasteiger partial charge on any atom is -0.366 e. The number of nitrogens with zero attached hydrogens (tertiary/aromatic N) is 4. The van der Waals surface area contributed by atoms with Gasteiger partial charge in [0.05, 0.1) is 11.9 Å². The van der Waals surface area contributed by atoms with Gasteiger partial charge in [-0.1, -0.05) is 0 Å². The van der Waals surface area contributed by atoms with Gasteiger partial charge in [0.25, 0.3) is 5.91 Å². The number of nitrogens with two attached hydrogens (primary N) is 1. The molecule has 3 rings (SSSR count). The number of hydrogen-bond donors (Lipinski definition) is 3. The Hall–Kier alpha value is -2.64. The number of nitrogen functional groups attached to an aromatic ring is 1. The summed E-state index contributed by atoms with van der Waals surface area (Å²) in [4.78, 5) is 22.3. The molecule has 1 saturated heterocycles. The second-order valence-electron chi connectivity index (χ2n) is 4.95. The zero-order valence-corrected chi connectivity index (χ0v) is 11.5. The first-order valence-electron chi connectivity index (χ1n) is 6.92. The molecule has 3 heterocycles. The number of anilines is 3. The van der Waals surface area contributed by atoms with Crippen LogP contribution in [0.4, 0.5) is 17.5 Å². The van der Waals surface area contributed by atoms with Gasteiger partial charge in [0.2, 0.25) is 11.8 Å². The number of nitrogens with one attached hydrogen (secondary N) is 2. The Bertz CT molecular complexity index is 616. The van der Waals surface area contributed by atoms with Gasteiger partial charge in [0.15, 0.2) is 0 Å². The van der Waals surface area contributed by atoms with E-state index < -0.39 is 5.91 Å². The van der Waals surface area contributed by atoms with Crippen molar-refractivity contribution in [1.82, 2.24) is 20.2 Å². The van der Waals surface area contributed by atoms with E-state index in [0.29, 0.717) is 5.69 Å². The maximum atomic E-state index is 11.9. The molecule has 21 heavy (non-hydrogen) atoms. The smallest absolute Gasteiger partial charge is 0.293 e. The van der Waals surface area contributed by atoms with Crippen LogP contribution in [0.3, 0.4) is 0 Å². The number of H-pyrrole nitrogens is 1. The van der Waals surface area contributed by atoms with Crippen molar-refractivity contribution in [2.45, 2.75) is 19.3 Å². The van der Waals surface area contributed by atoms with E-state index in [2.05, 4.69) is 30.4 Å². The van der Waals surface area contributed by atoms with Crippen LogP contribution in [0.5, 0.6) is 0 Å². The number of piperidine rings is 1. The summed E-state index contributed by atoms with van der Waals surface area (Å²) in [6.07, 6.45) is 5.33. The molecule has 0 aromatic carbocycles. The number of aromatic amines is 1. The van der Waals surface area contributed by atoms with Gasteiger partial charge >= 0.3 is 0 Å². The van der Waals surface area contributed by atoms with E-state index in [1.807, 2.05) is 12.1 Å². The number of carbonyl (C=O) groups excluding carboxylic acids is 1. The first-order chi connectivity index (χ1) is 10.2. The van der Waals surface area contributed by atoms with Crippen LogP contribution in [0.15, 0.2) is 18.3 Å². The van der Waals surface area contributed by atoms with Crippen LogP contribution in [0.1, 0.15) is 29.9 Å². The van der Waals surface area contributed by atoms with Crippen LogP contribution in [0, 0.1) is 0 Å². The summed E-state index contributed by atoms with van der Waals surface area (Å²) in [6, 6.07) is 3.74. The Kier molecular flexibility index (Phi) is 3.67. The van der Waals surface area contributed by atoms with Gasteiger partial charge in [0, 0.05) is 13.1 Å². The Morgan fingerprint density at radius 3 is 2.71 bits per heavy atom. The lowest BCUT2D eigenvalue weighted by Gasteiger charge is -2.27. The van der Waals surface area contributed by atoms with Gasteiger partial charge in [-0.25, -0.2) is 4.98 Å². The second-order valence-corrected chi connectivity index (χ2v) is 4.95. The molecule has 2 aromatic rings. The van der Waals surface area contributed by atoms with Crippen molar-refractivity contribution in [3.05, 3.63) is 24.2 Å². The van der Waals surface area contributed by atoms with E-state index in [-0.39, 0.29) is 11.8 Å². The lowest BCUT2D eigenvalue weighted by molar-refractivity contribution is 0.101. The summed E-state index contributed by atoms with van der Waals surface area (Å²) in [5.74, 6) is 0.662. The molecule has 1 amide bonds. The third kappa shape index (κ3) is 3.10. The molecule has 0 atom stereocenters. The molecule has 1 fully saturated rings. The van der Waals surface area contributed by atoms with Crippen molar-refractivity contribution in [3.63, 3.8) is 0 Å². The van der Waals surface area contributed by atoms with Crippen LogP contribution < -0.4 is 16.0 Å². The summed E-state index contributed by atoms with van der Waals surface area (Å²) >= 11 is 0. The summed E-state index contributed by atoms with van der Waals surface area (Å²) < 4.78 is 0. The minimum atomic E-state index is -0.397. The molecule has 0 bridgehead atoms. The van der Waals surface area contributed by atoms with Crippen LogP contribution >= 0.6 is 0 Å². The summed E-state index contributed by atoms with van der Waals surface area (Å²) in [7, 11) is 0. The first kappa shape index (κ1) is 13.3. The molecule has 0 saturated carbocycles.